The minimum Gasteiger partial charge on any atom is -0.414 e. The van der Waals surface area contributed by atoms with Crippen LogP contribution in [-0.4, -0.2) is 33.4 Å². The van der Waals surface area contributed by atoms with E-state index in [1.165, 1.54) is 12.8 Å². The van der Waals surface area contributed by atoms with Gasteiger partial charge in [-0.25, -0.2) is 0 Å². The highest BCUT2D eigenvalue weighted by molar-refractivity contribution is 6.74. The second kappa shape index (κ2) is 9.09. The van der Waals surface area contributed by atoms with Gasteiger partial charge in [-0.05, 0) is 79.8 Å². The highest BCUT2D eigenvalue weighted by Gasteiger charge is 2.66. The van der Waals surface area contributed by atoms with Crippen LogP contribution in [0.1, 0.15) is 94.4 Å². The van der Waals surface area contributed by atoms with E-state index in [1.54, 1.807) is 0 Å². The molecular formula is C26H49NO3Si. The number of rotatable bonds is 8. The second-order valence-corrected chi connectivity index (χ2v) is 17.5. The number of nitriles is 1. The van der Waals surface area contributed by atoms with Crippen molar-refractivity contribution >= 4 is 8.32 Å². The average Bonchev–Trinajstić information content (AvgIpc) is 2.70. The summed E-state index contributed by atoms with van der Waals surface area (Å²) in [6.07, 6.45) is 4.90. The normalized spacial score (nSPS) is 35.3. The summed E-state index contributed by atoms with van der Waals surface area (Å²) in [5.41, 5.74) is 0.323. The van der Waals surface area contributed by atoms with Crippen molar-refractivity contribution in [3.8, 4) is 6.07 Å². The summed E-state index contributed by atoms with van der Waals surface area (Å²) in [4.78, 5) is 0. The largest absolute Gasteiger partial charge is 0.414 e. The Kier molecular flexibility index (Phi) is 7.87. The summed E-state index contributed by atoms with van der Waals surface area (Å²) < 4.78 is 18.6. The lowest BCUT2D eigenvalue weighted by molar-refractivity contribution is -0.156. The van der Waals surface area contributed by atoms with Gasteiger partial charge in [0.2, 0.25) is 0 Å². The summed E-state index contributed by atoms with van der Waals surface area (Å²) in [7, 11) is -1.85. The highest BCUT2D eigenvalue weighted by Crippen LogP contribution is 2.71. The third-order valence-corrected chi connectivity index (χ3v) is 14.3. The molecule has 0 unspecified atom stereocenters. The van der Waals surface area contributed by atoms with Crippen molar-refractivity contribution in [3.05, 3.63) is 0 Å². The zero-order chi connectivity index (χ0) is 23.9. The zero-order valence-corrected chi connectivity index (χ0v) is 23.2. The summed E-state index contributed by atoms with van der Waals surface area (Å²) in [5.74, 6) is 0.503. The van der Waals surface area contributed by atoms with E-state index in [4.69, 9.17) is 13.9 Å². The third kappa shape index (κ3) is 4.93. The van der Waals surface area contributed by atoms with Gasteiger partial charge in [-0.2, -0.15) is 5.26 Å². The Bertz CT molecular complexity index is 665. The molecule has 2 aliphatic carbocycles. The molecule has 2 fully saturated rings. The van der Waals surface area contributed by atoms with Crippen LogP contribution < -0.4 is 0 Å². The molecule has 6 atom stereocenters. The summed E-state index contributed by atoms with van der Waals surface area (Å²) in [6.45, 7) is 26.0. The molecule has 0 amide bonds. The van der Waals surface area contributed by atoms with E-state index in [9.17, 15) is 5.26 Å². The Morgan fingerprint density at radius 1 is 1.16 bits per heavy atom. The Hall–Kier alpha value is -0.413. The number of ether oxygens (including phenoxy) is 2. The molecule has 0 radical (unpaired) electrons. The fourth-order valence-corrected chi connectivity index (χ4v) is 7.67. The van der Waals surface area contributed by atoms with Crippen LogP contribution >= 0.6 is 0 Å². The molecule has 5 heteroatoms. The molecule has 2 aliphatic rings. The molecule has 4 nitrogen and oxygen atoms in total. The molecular weight excluding hydrogens is 402 g/mol. The molecule has 0 spiro atoms. The van der Waals surface area contributed by atoms with Crippen molar-refractivity contribution in [3.63, 3.8) is 0 Å². The van der Waals surface area contributed by atoms with Gasteiger partial charge in [0.05, 0.1) is 6.07 Å². The number of hydrogen-bond donors (Lipinski definition) is 0. The van der Waals surface area contributed by atoms with Crippen LogP contribution in [0.2, 0.25) is 18.1 Å². The van der Waals surface area contributed by atoms with Crippen molar-refractivity contribution < 1.29 is 13.9 Å². The molecule has 2 saturated carbocycles. The van der Waals surface area contributed by atoms with Gasteiger partial charge >= 0.3 is 0 Å². The first-order valence-corrected chi connectivity index (χ1v) is 15.3. The van der Waals surface area contributed by atoms with E-state index >= 15 is 0 Å². The molecule has 0 heterocycles. The Labute approximate surface area is 193 Å². The van der Waals surface area contributed by atoms with Gasteiger partial charge in [0.15, 0.2) is 14.6 Å². The maximum Gasteiger partial charge on any atom is 0.192 e. The fraction of sp³-hybridized carbons (Fsp3) is 0.962. The molecule has 0 aromatic carbocycles. The smallest absolute Gasteiger partial charge is 0.192 e. The molecule has 0 N–H and O–H groups in total. The fourth-order valence-electron chi connectivity index (χ4n) is 6.27. The van der Waals surface area contributed by atoms with Gasteiger partial charge < -0.3 is 13.9 Å². The van der Waals surface area contributed by atoms with E-state index in [0.717, 1.165) is 19.3 Å². The van der Waals surface area contributed by atoms with E-state index in [-0.39, 0.29) is 27.6 Å². The van der Waals surface area contributed by atoms with E-state index in [1.807, 2.05) is 13.8 Å². The third-order valence-electron chi connectivity index (χ3n) is 9.76. The predicted octanol–water partition coefficient (Wildman–Crippen LogP) is 7.30. The Balaban J connectivity index is 2.33. The van der Waals surface area contributed by atoms with Crippen molar-refractivity contribution in [2.24, 2.45) is 22.2 Å². The lowest BCUT2D eigenvalue weighted by atomic mass is 9.55. The molecule has 31 heavy (non-hydrogen) atoms. The quantitative estimate of drug-likeness (QED) is 0.287. The first-order valence-electron chi connectivity index (χ1n) is 12.4. The van der Waals surface area contributed by atoms with Crippen LogP contribution in [0.15, 0.2) is 0 Å². The van der Waals surface area contributed by atoms with Crippen molar-refractivity contribution in [2.75, 3.05) is 6.61 Å². The molecule has 2 rings (SSSR count). The lowest BCUT2D eigenvalue weighted by Crippen LogP contribution is -2.47. The lowest BCUT2D eigenvalue weighted by Gasteiger charge is -2.50. The van der Waals surface area contributed by atoms with Gasteiger partial charge in [0.25, 0.3) is 0 Å². The molecule has 0 aromatic rings. The van der Waals surface area contributed by atoms with Gasteiger partial charge in [0.1, 0.15) is 6.10 Å². The molecule has 2 bridgehead atoms. The first kappa shape index (κ1) is 26.8. The highest BCUT2D eigenvalue weighted by atomic mass is 28.4. The van der Waals surface area contributed by atoms with Crippen molar-refractivity contribution in [1.82, 2.24) is 0 Å². The van der Waals surface area contributed by atoms with Crippen molar-refractivity contribution in [1.29, 1.82) is 5.26 Å². The van der Waals surface area contributed by atoms with Crippen LogP contribution in [0.5, 0.6) is 0 Å². The number of nitrogens with zero attached hydrogens (tertiary/aromatic N) is 1. The standard InChI is InChI=1S/C26H49NO3Si/c1-12-28-19(2)29-20(18-27)16-25(8)17-21-22(30-31(10,11)23(3,4)5)14-13-15-26(25,9)24(21,6)7/h19-22H,12-17H2,1-11H3/t19-,20-,21-,22+,25+,26+/m0/s1. The molecule has 0 aromatic heterocycles. The van der Waals surface area contributed by atoms with Gasteiger partial charge in [-0.1, -0.05) is 54.9 Å². The maximum atomic E-state index is 9.87. The number of hydrogen-bond acceptors (Lipinski definition) is 4. The van der Waals surface area contributed by atoms with Crippen LogP contribution in [-0.2, 0) is 13.9 Å². The van der Waals surface area contributed by atoms with Crippen molar-refractivity contribution in [2.45, 2.75) is 131 Å². The first-order chi connectivity index (χ1) is 14.0. The van der Waals surface area contributed by atoms with Gasteiger partial charge in [0, 0.05) is 12.7 Å². The van der Waals surface area contributed by atoms with E-state index in [0.29, 0.717) is 18.6 Å². The number of fused-ring (bicyclic) bond motifs is 2. The monoisotopic (exact) mass is 451 g/mol. The second-order valence-electron chi connectivity index (χ2n) is 12.7. The maximum absolute atomic E-state index is 9.87. The Morgan fingerprint density at radius 3 is 2.29 bits per heavy atom. The van der Waals surface area contributed by atoms with Crippen LogP contribution in [0.25, 0.3) is 0 Å². The minimum absolute atomic E-state index is 0.0307. The topological polar surface area (TPSA) is 51.5 Å². The van der Waals surface area contributed by atoms with Crippen LogP contribution in [0.4, 0.5) is 0 Å². The van der Waals surface area contributed by atoms with Crippen LogP contribution in [0, 0.1) is 33.5 Å². The van der Waals surface area contributed by atoms with E-state index in [2.05, 4.69) is 67.6 Å². The van der Waals surface area contributed by atoms with E-state index < -0.39 is 14.4 Å². The summed E-state index contributed by atoms with van der Waals surface area (Å²) in [5, 5.41) is 10.1. The predicted molar refractivity (Wildman–Crippen MR) is 130 cm³/mol. The molecule has 180 valence electrons. The SMILES string of the molecule is CCO[C@H](C)O[C@H](C#N)C[C@]1(C)C[C@H]2[C@H](O[Si](C)(C)C(C)(C)C)CCC[C@]1(C)C2(C)C. The molecule has 0 saturated heterocycles. The summed E-state index contributed by atoms with van der Waals surface area (Å²) >= 11 is 0. The minimum atomic E-state index is -1.85. The zero-order valence-electron chi connectivity index (χ0n) is 22.2. The van der Waals surface area contributed by atoms with Gasteiger partial charge in [-0.3, -0.25) is 0 Å². The van der Waals surface area contributed by atoms with Crippen LogP contribution in [0.3, 0.4) is 0 Å². The summed E-state index contributed by atoms with van der Waals surface area (Å²) in [6, 6.07) is 2.43. The molecule has 0 aliphatic heterocycles. The average molecular weight is 452 g/mol. The van der Waals surface area contributed by atoms with Gasteiger partial charge in [-0.15, -0.1) is 0 Å². The Morgan fingerprint density at radius 2 is 1.77 bits per heavy atom.